The van der Waals surface area contributed by atoms with Crippen molar-refractivity contribution >= 4 is 35.8 Å². The van der Waals surface area contributed by atoms with Crippen molar-refractivity contribution in [3.05, 3.63) is 71.3 Å². The highest BCUT2D eigenvalue weighted by Gasteiger charge is 2.28. The molecule has 0 aliphatic carbocycles. The van der Waals surface area contributed by atoms with E-state index >= 15 is 0 Å². The van der Waals surface area contributed by atoms with Gasteiger partial charge < -0.3 is 15.1 Å². The number of carbonyl (C=O) groups is 1. The van der Waals surface area contributed by atoms with Crippen molar-refractivity contribution in [2.75, 3.05) is 40.8 Å². The molecule has 2 aromatic carbocycles. The summed E-state index contributed by atoms with van der Waals surface area (Å²) in [6.07, 6.45) is 1.99. The monoisotopic (exact) mass is 534 g/mol. The molecule has 6 heteroatoms. The second-order valence-corrected chi connectivity index (χ2v) is 8.35. The summed E-state index contributed by atoms with van der Waals surface area (Å²) in [4.78, 5) is 20.7. The molecular formula is C25H35IN4O. The van der Waals surface area contributed by atoms with Crippen molar-refractivity contribution in [3.8, 4) is 0 Å². The quantitative estimate of drug-likeness (QED) is 0.355. The minimum absolute atomic E-state index is 0. The van der Waals surface area contributed by atoms with Crippen LogP contribution in [0, 0.1) is 5.92 Å². The highest BCUT2D eigenvalue weighted by atomic mass is 127. The van der Waals surface area contributed by atoms with Crippen LogP contribution in [0.15, 0.2) is 59.6 Å². The number of nitrogens with zero attached hydrogens (tertiary/aromatic N) is 3. The number of likely N-dealkylation sites (tertiary alicyclic amines) is 1. The summed E-state index contributed by atoms with van der Waals surface area (Å²) < 4.78 is 0. The number of amides is 1. The van der Waals surface area contributed by atoms with Crippen molar-refractivity contribution in [2.24, 2.45) is 10.9 Å². The first-order valence-corrected chi connectivity index (χ1v) is 10.8. The summed E-state index contributed by atoms with van der Waals surface area (Å²) >= 11 is 0. The second-order valence-electron chi connectivity index (χ2n) is 8.35. The molecule has 1 N–H and O–H groups in total. The average Bonchev–Trinajstić information content (AvgIpc) is 2.77. The molecule has 1 fully saturated rings. The van der Waals surface area contributed by atoms with E-state index in [4.69, 9.17) is 0 Å². The summed E-state index contributed by atoms with van der Waals surface area (Å²) in [5.41, 5.74) is 3.33. The number of benzene rings is 2. The van der Waals surface area contributed by atoms with Gasteiger partial charge in [0.25, 0.3) is 5.91 Å². The summed E-state index contributed by atoms with van der Waals surface area (Å²) in [6, 6.07) is 18.7. The molecule has 1 heterocycles. The molecule has 1 aliphatic rings. The van der Waals surface area contributed by atoms with Gasteiger partial charge >= 0.3 is 0 Å². The van der Waals surface area contributed by atoms with Crippen molar-refractivity contribution in [1.29, 1.82) is 0 Å². The predicted octanol–water partition coefficient (Wildman–Crippen LogP) is 4.25. The van der Waals surface area contributed by atoms with E-state index < -0.39 is 0 Å². The lowest BCUT2D eigenvalue weighted by atomic mass is 9.82. The fourth-order valence-electron chi connectivity index (χ4n) is 4.30. The molecule has 0 spiro atoms. The minimum atomic E-state index is 0. The van der Waals surface area contributed by atoms with Crippen LogP contribution in [0.3, 0.4) is 0 Å². The lowest BCUT2D eigenvalue weighted by molar-refractivity contribution is 0.0827. The van der Waals surface area contributed by atoms with Gasteiger partial charge in [-0.25, -0.2) is 0 Å². The van der Waals surface area contributed by atoms with Crippen molar-refractivity contribution in [1.82, 2.24) is 15.1 Å². The van der Waals surface area contributed by atoms with E-state index in [2.05, 4.69) is 58.5 Å². The number of halogens is 1. The van der Waals surface area contributed by atoms with Crippen LogP contribution in [0.2, 0.25) is 0 Å². The van der Waals surface area contributed by atoms with Crippen molar-refractivity contribution in [2.45, 2.75) is 25.7 Å². The van der Waals surface area contributed by atoms with E-state index in [1.54, 1.807) is 19.0 Å². The van der Waals surface area contributed by atoms with Crippen molar-refractivity contribution < 1.29 is 4.79 Å². The number of rotatable bonds is 5. The zero-order valence-corrected chi connectivity index (χ0v) is 21.4. The van der Waals surface area contributed by atoms with Crippen LogP contribution in [0.4, 0.5) is 0 Å². The zero-order valence-electron chi connectivity index (χ0n) is 19.0. The van der Waals surface area contributed by atoms with Gasteiger partial charge in [-0.05, 0) is 47.9 Å². The van der Waals surface area contributed by atoms with Gasteiger partial charge in [-0.2, -0.15) is 0 Å². The Morgan fingerprint density at radius 3 is 2.55 bits per heavy atom. The predicted molar refractivity (Wildman–Crippen MR) is 139 cm³/mol. The molecule has 2 unspecified atom stereocenters. The maximum Gasteiger partial charge on any atom is 0.253 e. The van der Waals surface area contributed by atoms with Gasteiger partial charge in [-0.3, -0.25) is 9.79 Å². The van der Waals surface area contributed by atoms with Gasteiger partial charge in [0.15, 0.2) is 5.96 Å². The van der Waals surface area contributed by atoms with Crippen molar-refractivity contribution in [3.63, 3.8) is 0 Å². The van der Waals surface area contributed by atoms with Gasteiger partial charge in [0.1, 0.15) is 0 Å². The summed E-state index contributed by atoms with van der Waals surface area (Å²) in [5.74, 6) is 2.19. The van der Waals surface area contributed by atoms with E-state index in [0.717, 1.165) is 49.6 Å². The molecular weight excluding hydrogens is 499 g/mol. The average molecular weight is 534 g/mol. The third-order valence-electron chi connectivity index (χ3n) is 5.92. The molecule has 0 saturated carbocycles. The third kappa shape index (κ3) is 6.69. The maximum absolute atomic E-state index is 12.2. The van der Waals surface area contributed by atoms with Crippen LogP contribution in [0.1, 0.15) is 40.7 Å². The van der Waals surface area contributed by atoms with Crippen LogP contribution in [-0.2, 0) is 6.42 Å². The van der Waals surface area contributed by atoms with Crippen LogP contribution < -0.4 is 5.32 Å². The standard InChI is InChI=1S/C25H34N4O.HI/c1-19-18-29(16-14-23(19)21-10-6-5-7-11-21)25(26-2)27-15-13-20-9-8-12-22(17-20)24(30)28(3)4;/h5-12,17,19,23H,13-16,18H2,1-4H3,(H,26,27);1H. The first-order valence-electron chi connectivity index (χ1n) is 10.8. The number of hydrogen-bond donors (Lipinski definition) is 1. The van der Waals surface area contributed by atoms with E-state index in [-0.39, 0.29) is 29.9 Å². The number of nitrogens with one attached hydrogen (secondary N) is 1. The lowest BCUT2D eigenvalue weighted by Crippen LogP contribution is -2.48. The molecule has 0 aromatic heterocycles. The van der Waals surface area contributed by atoms with Gasteiger partial charge in [0, 0.05) is 46.3 Å². The molecule has 3 rings (SSSR count). The second kappa shape index (κ2) is 12.1. The highest BCUT2D eigenvalue weighted by molar-refractivity contribution is 14.0. The van der Waals surface area contributed by atoms with Crippen LogP contribution in [0.25, 0.3) is 0 Å². The molecule has 31 heavy (non-hydrogen) atoms. The summed E-state index contributed by atoms with van der Waals surface area (Å²) in [6.45, 7) is 5.14. The lowest BCUT2D eigenvalue weighted by Gasteiger charge is -2.39. The van der Waals surface area contributed by atoms with Gasteiger partial charge in [0.05, 0.1) is 0 Å². The molecule has 168 valence electrons. The van der Waals surface area contributed by atoms with Gasteiger partial charge in [-0.1, -0.05) is 49.4 Å². The molecule has 5 nitrogen and oxygen atoms in total. The van der Waals surface area contributed by atoms with E-state index in [0.29, 0.717) is 11.8 Å². The molecule has 1 amide bonds. The number of carbonyl (C=O) groups excluding carboxylic acids is 1. The molecule has 0 bridgehead atoms. The Morgan fingerprint density at radius 2 is 1.90 bits per heavy atom. The Hall–Kier alpha value is -2.09. The van der Waals surface area contributed by atoms with E-state index in [1.807, 2.05) is 25.2 Å². The maximum atomic E-state index is 12.2. The Balaban J connectivity index is 0.00000341. The Bertz CT molecular complexity index is 869. The van der Waals surface area contributed by atoms with Crippen LogP contribution in [-0.4, -0.2) is 62.4 Å². The minimum Gasteiger partial charge on any atom is -0.356 e. The number of piperidine rings is 1. The Morgan fingerprint density at radius 1 is 1.16 bits per heavy atom. The first-order chi connectivity index (χ1) is 14.5. The number of aliphatic imine (C=N–C) groups is 1. The number of guanidine groups is 1. The molecule has 0 radical (unpaired) electrons. The third-order valence-corrected chi connectivity index (χ3v) is 5.92. The highest BCUT2D eigenvalue weighted by Crippen LogP contribution is 2.32. The largest absolute Gasteiger partial charge is 0.356 e. The van der Waals surface area contributed by atoms with E-state index in [1.165, 1.54) is 5.56 Å². The number of hydrogen-bond acceptors (Lipinski definition) is 2. The molecule has 1 saturated heterocycles. The van der Waals surface area contributed by atoms with Gasteiger partial charge in [-0.15, -0.1) is 24.0 Å². The fraction of sp³-hybridized carbons (Fsp3) is 0.440. The molecule has 2 aromatic rings. The van der Waals surface area contributed by atoms with Gasteiger partial charge in [0.2, 0.25) is 0 Å². The normalized spacial score (nSPS) is 18.8. The fourth-order valence-corrected chi connectivity index (χ4v) is 4.30. The van der Waals surface area contributed by atoms with Crippen LogP contribution in [0.5, 0.6) is 0 Å². The topological polar surface area (TPSA) is 47.9 Å². The molecule has 2 atom stereocenters. The summed E-state index contributed by atoms with van der Waals surface area (Å²) in [5, 5.41) is 3.51. The first kappa shape index (κ1) is 25.2. The molecule has 1 aliphatic heterocycles. The Kier molecular flexibility index (Phi) is 9.81. The Labute approximate surface area is 203 Å². The van der Waals surface area contributed by atoms with E-state index in [9.17, 15) is 4.79 Å². The SMILES string of the molecule is CN=C(NCCc1cccc(C(=O)N(C)C)c1)N1CCC(c2ccccc2)C(C)C1.I. The summed E-state index contributed by atoms with van der Waals surface area (Å²) in [7, 11) is 5.41. The smallest absolute Gasteiger partial charge is 0.253 e. The zero-order chi connectivity index (χ0) is 21.5. The van der Waals surface area contributed by atoms with Crippen LogP contribution >= 0.6 is 24.0 Å².